The summed E-state index contributed by atoms with van der Waals surface area (Å²) in [5, 5.41) is 17.1. The van der Waals surface area contributed by atoms with Crippen LogP contribution in [-0.4, -0.2) is 63.2 Å². The van der Waals surface area contributed by atoms with E-state index in [1.807, 2.05) is 4.90 Å². The molecule has 1 amide bonds. The molecule has 3 heterocycles. The van der Waals surface area contributed by atoms with Crippen molar-refractivity contribution in [3.8, 4) is 11.3 Å². The number of amides is 1. The summed E-state index contributed by atoms with van der Waals surface area (Å²) in [5.41, 5.74) is -1.37. The molecule has 3 aromatic rings. The van der Waals surface area contributed by atoms with Gasteiger partial charge in [0.25, 0.3) is 5.91 Å². The molecule has 0 saturated carbocycles. The number of piperidine rings is 1. The Morgan fingerprint density at radius 2 is 1.91 bits per heavy atom. The molecule has 2 saturated heterocycles. The highest BCUT2D eigenvalue weighted by Crippen LogP contribution is 2.36. The standard InChI is InChI=1S/C24H22F4N4O2/c25-18-5-4-14(10-19(18)26)24(34)7-6-15-12-31(8-9-32(15)13-24)23(33)17-3-1-2-16(21(17)28)22-20(27)11-29-30-22/h1-5,10-11,15,34H,6-9,12-13H2,(H,29,30)/t15-,24-/m1/s1. The molecule has 2 aliphatic heterocycles. The maximum Gasteiger partial charge on any atom is 0.256 e. The van der Waals surface area contributed by atoms with E-state index in [0.717, 1.165) is 18.3 Å². The summed E-state index contributed by atoms with van der Waals surface area (Å²) in [5.74, 6) is -4.02. The van der Waals surface area contributed by atoms with E-state index in [9.17, 15) is 23.1 Å². The van der Waals surface area contributed by atoms with Gasteiger partial charge in [-0.25, -0.2) is 17.6 Å². The summed E-state index contributed by atoms with van der Waals surface area (Å²) in [4.78, 5) is 16.7. The molecule has 0 spiro atoms. The molecule has 2 N–H and O–H groups in total. The first-order chi connectivity index (χ1) is 16.3. The largest absolute Gasteiger partial charge is 0.384 e. The number of hydrogen-bond acceptors (Lipinski definition) is 4. The summed E-state index contributed by atoms with van der Waals surface area (Å²) in [7, 11) is 0. The van der Waals surface area contributed by atoms with Crippen molar-refractivity contribution < 1.29 is 27.5 Å². The van der Waals surface area contributed by atoms with Crippen molar-refractivity contribution in [1.29, 1.82) is 0 Å². The van der Waals surface area contributed by atoms with Gasteiger partial charge in [-0.05, 0) is 42.7 Å². The number of fused-ring (bicyclic) bond motifs is 1. The highest BCUT2D eigenvalue weighted by molar-refractivity contribution is 5.96. The van der Waals surface area contributed by atoms with Crippen molar-refractivity contribution in [2.24, 2.45) is 0 Å². The lowest BCUT2D eigenvalue weighted by molar-refractivity contribution is -0.0742. The van der Waals surface area contributed by atoms with Crippen LogP contribution in [0.4, 0.5) is 17.6 Å². The van der Waals surface area contributed by atoms with Crippen LogP contribution >= 0.6 is 0 Å². The smallest absolute Gasteiger partial charge is 0.256 e. The zero-order chi connectivity index (χ0) is 24.0. The number of nitrogens with zero attached hydrogens (tertiary/aromatic N) is 3. The third-order valence-electron chi connectivity index (χ3n) is 6.80. The van der Waals surface area contributed by atoms with E-state index in [-0.39, 0.29) is 29.4 Å². The van der Waals surface area contributed by atoms with Crippen molar-refractivity contribution in [2.75, 3.05) is 26.2 Å². The first-order valence-electron chi connectivity index (χ1n) is 11.0. The SMILES string of the molecule is O=C(c1cccc(-c2[nH]ncc2F)c1F)N1CCN2C[C@@](O)(c3ccc(F)c(F)c3)CC[C@@H]2C1. The van der Waals surface area contributed by atoms with E-state index >= 15 is 4.39 Å². The number of carbonyl (C=O) groups excluding carboxylic acids is 1. The van der Waals surface area contributed by atoms with Gasteiger partial charge in [0, 0.05) is 37.8 Å². The molecule has 0 aliphatic carbocycles. The van der Waals surface area contributed by atoms with E-state index in [1.165, 1.54) is 24.3 Å². The summed E-state index contributed by atoms with van der Waals surface area (Å²) < 4.78 is 56.1. The predicted molar refractivity (Wildman–Crippen MR) is 115 cm³/mol. The first kappa shape index (κ1) is 22.5. The third-order valence-corrected chi connectivity index (χ3v) is 6.80. The zero-order valence-corrected chi connectivity index (χ0v) is 18.1. The minimum atomic E-state index is -1.33. The second-order valence-corrected chi connectivity index (χ2v) is 8.83. The van der Waals surface area contributed by atoms with Gasteiger partial charge in [0.05, 0.1) is 11.8 Å². The summed E-state index contributed by atoms with van der Waals surface area (Å²) >= 11 is 0. The number of carbonyl (C=O) groups is 1. The number of aliphatic hydroxyl groups is 1. The van der Waals surface area contributed by atoms with Crippen LogP contribution in [0.25, 0.3) is 11.3 Å². The fourth-order valence-corrected chi connectivity index (χ4v) is 4.92. The van der Waals surface area contributed by atoms with Gasteiger partial charge in [-0.1, -0.05) is 12.1 Å². The molecule has 2 atom stereocenters. The van der Waals surface area contributed by atoms with Gasteiger partial charge in [0.2, 0.25) is 0 Å². The van der Waals surface area contributed by atoms with Crippen LogP contribution in [0.1, 0.15) is 28.8 Å². The first-order valence-corrected chi connectivity index (χ1v) is 11.0. The van der Waals surface area contributed by atoms with Gasteiger partial charge in [-0.2, -0.15) is 5.10 Å². The fraction of sp³-hybridized carbons (Fsp3) is 0.333. The Hall–Kier alpha value is -3.24. The lowest BCUT2D eigenvalue weighted by Crippen LogP contribution is -2.60. The molecule has 2 aromatic carbocycles. The molecular formula is C24H22F4N4O2. The molecule has 178 valence electrons. The van der Waals surface area contributed by atoms with Crippen LogP contribution in [-0.2, 0) is 5.60 Å². The molecule has 5 rings (SSSR count). The fourth-order valence-electron chi connectivity index (χ4n) is 4.92. The average molecular weight is 474 g/mol. The minimum absolute atomic E-state index is 0.0698. The molecule has 2 aliphatic rings. The van der Waals surface area contributed by atoms with Crippen LogP contribution < -0.4 is 0 Å². The highest BCUT2D eigenvalue weighted by Gasteiger charge is 2.42. The van der Waals surface area contributed by atoms with Crippen LogP contribution in [0.3, 0.4) is 0 Å². The van der Waals surface area contributed by atoms with Crippen molar-refractivity contribution in [3.05, 3.63) is 77.0 Å². The Labute approximate surface area is 192 Å². The lowest BCUT2D eigenvalue weighted by atomic mass is 9.82. The van der Waals surface area contributed by atoms with Crippen molar-refractivity contribution in [3.63, 3.8) is 0 Å². The third kappa shape index (κ3) is 3.86. The Bertz CT molecular complexity index is 1250. The lowest BCUT2D eigenvalue weighted by Gasteiger charge is -2.49. The molecular weight excluding hydrogens is 452 g/mol. The molecule has 0 unspecified atom stereocenters. The topological polar surface area (TPSA) is 72.5 Å². The van der Waals surface area contributed by atoms with Gasteiger partial charge in [-0.3, -0.25) is 14.8 Å². The van der Waals surface area contributed by atoms with Crippen LogP contribution in [0, 0.1) is 23.3 Å². The summed E-state index contributed by atoms with van der Waals surface area (Å²) in [6.07, 6.45) is 1.76. The summed E-state index contributed by atoms with van der Waals surface area (Å²) in [6, 6.07) is 7.57. The van der Waals surface area contributed by atoms with Crippen molar-refractivity contribution in [2.45, 2.75) is 24.5 Å². The van der Waals surface area contributed by atoms with Crippen molar-refractivity contribution in [1.82, 2.24) is 20.0 Å². The van der Waals surface area contributed by atoms with Crippen molar-refractivity contribution >= 4 is 5.91 Å². The number of hydrogen-bond donors (Lipinski definition) is 2. The van der Waals surface area contributed by atoms with Gasteiger partial charge in [0.15, 0.2) is 17.5 Å². The number of benzene rings is 2. The number of piperazine rings is 1. The van der Waals surface area contributed by atoms with Gasteiger partial charge in [-0.15, -0.1) is 0 Å². The number of H-pyrrole nitrogens is 1. The monoisotopic (exact) mass is 474 g/mol. The molecule has 1 aromatic heterocycles. The number of nitrogens with one attached hydrogen (secondary N) is 1. The number of rotatable bonds is 3. The molecule has 0 bridgehead atoms. The van der Waals surface area contributed by atoms with E-state index in [4.69, 9.17) is 0 Å². The van der Waals surface area contributed by atoms with Crippen LogP contribution in [0.5, 0.6) is 0 Å². The van der Waals surface area contributed by atoms with E-state index in [2.05, 4.69) is 10.2 Å². The molecule has 10 heteroatoms. The van der Waals surface area contributed by atoms with Gasteiger partial charge >= 0.3 is 0 Å². The normalized spacial score (nSPS) is 23.1. The highest BCUT2D eigenvalue weighted by atomic mass is 19.2. The van der Waals surface area contributed by atoms with Gasteiger partial charge in [0.1, 0.15) is 17.1 Å². The average Bonchev–Trinajstić information content (AvgIpc) is 3.25. The Morgan fingerprint density at radius 3 is 2.65 bits per heavy atom. The van der Waals surface area contributed by atoms with Gasteiger partial charge < -0.3 is 10.0 Å². The Kier molecular flexibility index (Phi) is 5.65. The molecule has 0 radical (unpaired) electrons. The Morgan fingerprint density at radius 1 is 1.09 bits per heavy atom. The van der Waals surface area contributed by atoms with E-state index in [1.54, 1.807) is 4.90 Å². The number of aromatic amines is 1. The van der Waals surface area contributed by atoms with Crippen LogP contribution in [0.15, 0.2) is 42.6 Å². The maximum absolute atomic E-state index is 15.1. The zero-order valence-electron chi connectivity index (χ0n) is 18.1. The van der Waals surface area contributed by atoms with E-state index < -0.39 is 34.8 Å². The molecule has 2 fully saturated rings. The number of halogens is 4. The summed E-state index contributed by atoms with van der Waals surface area (Å²) in [6.45, 7) is 1.27. The molecule has 34 heavy (non-hydrogen) atoms. The Balaban J connectivity index is 1.31. The van der Waals surface area contributed by atoms with E-state index in [0.29, 0.717) is 38.0 Å². The quantitative estimate of drug-likeness (QED) is 0.571. The maximum atomic E-state index is 15.1. The molecule has 6 nitrogen and oxygen atoms in total. The second-order valence-electron chi connectivity index (χ2n) is 8.83. The minimum Gasteiger partial charge on any atom is -0.384 e. The predicted octanol–water partition coefficient (Wildman–Crippen LogP) is 3.44. The second kappa shape index (κ2) is 8.52. The van der Waals surface area contributed by atoms with Crippen LogP contribution in [0.2, 0.25) is 0 Å². The number of aromatic nitrogens is 2.